The van der Waals surface area contributed by atoms with Crippen LogP contribution in [-0.4, -0.2) is 35.7 Å². The summed E-state index contributed by atoms with van der Waals surface area (Å²) in [6, 6.07) is 7.04. The normalized spacial score (nSPS) is 11.5. The zero-order valence-electron chi connectivity index (χ0n) is 19.0. The van der Waals surface area contributed by atoms with E-state index in [1.165, 1.54) is 9.13 Å². The molecule has 9 heteroatoms. The molecule has 0 aliphatic rings. The number of rotatable bonds is 6. The highest BCUT2D eigenvalue weighted by atomic mass is 16.5. The first-order chi connectivity index (χ1) is 15.3. The summed E-state index contributed by atoms with van der Waals surface area (Å²) >= 11 is 0. The van der Waals surface area contributed by atoms with E-state index in [2.05, 4.69) is 4.98 Å². The number of ether oxygens (including phenoxy) is 1. The second-order valence-electron chi connectivity index (χ2n) is 7.84. The Hall–Kier alpha value is -3.62. The van der Waals surface area contributed by atoms with Gasteiger partial charge >= 0.3 is 11.7 Å². The van der Waals surface area contributed by atoms with Crippen LogP contribution in [0, 0.1) is 13.8 Å². The molecule has 0 radical (unpaired) electrons. The Morgan fingerprint density at radius 1 is 1.06 bits per heavy atom. The molecule has 4 rings (SSSR count). The molecule has 0 aliphatic carbocycles. The van der Waals surface area contributed by atoms with Crippen LogP contribution in [0.1, 0.15) is 48.4 Å². The van der Waals surface area contributed by atoms with Gasteiger partial charge in [0.25, 0.3) is 5.56 Å². The number of fused-ring (bicyclic) bond motifs is 3. The second-order valence-corrected chi connectivity index (χ2v) is 7.84. The van der Waals surface area contributed by atoms with Gasteiger partial charge in [0.2, 0.25) is 5.78 Å². The molecule has 0 saturated carbocycles. The van der Waals surface area contributed by atoms with Crippen LogP contribution < -0.4 is 11.2 Å². The minimum absolute atomic E-state index is 0.312. The number of esters is 1. The van der Waals surface area contributed by atoms with Crippen LogP contribution in [0.15, 0.2) is 33.9 Å². The smallest absolute Gasteiger partial charge is 0.338 e. The quantitative estimate of drug-likeness (QED) is 0.433. The molecule has 0 fully saturated rings. The third-order valence-electron chi connectivity index (χ3n) is 5.89. The van der Waals surface area contributed by atoms with E-state index in [0.717, 1.165) is 29.9 Å². The van der Waals surface area contributed by atoms with Gasteiger partial charge in [-0.05, 0) is 51.5 Å². The van der Waals surface area contributed by atoms with Crippen molar-refractivity contribution in [2.75, 3.05) is 6.61 Å². The number of aryl methyl sites for hydroxylation is 2. The van der Waals surface area contributed by atoms with Crippen LogP contribution in [0.4, 0.5) is 0 Å². The van der Waals surface area contributed by atoms with E-state index in [4.69, 9.17) is 4.74 Å². The maximum atomic E-state index is 13.3. The molecule has 0 unspecified atom stereocenters. The van der Waals surface area contributed by atoms with E-state index >= 15 is 0 Å². The SMILES string of the molecule is CCCCn1c(=O)c2c(nc3n(-c4ccc(C(=O)OCC)cc4)c(C)c(C)n23)n(C)c1=O. The molecule has 0 atom stereocenters. The molecule has 9 nitrogen and oxygen atoms in total. The summed E-state index contributed by atoms with van der Waals surface area (Å²) < 4.78 is 11.5. The van der Waals surface area contributed by atoms with Gasteiger partial charge in [0, 0.05) is 30.7 Å². The average molecular weight is 438 g/mol. The number of carbonyl (C=O) groups is 1. The highest BCUT2D eigenvalue weighted by molar-refractivity contribution is 5.89. The van der Waals surface area contributed by atoms with Gasteiger partial charge in [-0.15, -0.1) is 0 Å². The number of benzene rings is 1. The van der Waals surface area contributed by atoms with Crippen molar-refractivity contribution in [2.45, 2.75) is 47.1 Å². The largest absolute Gasteiger partial charge is 0.462 e. The molecule has 4 aromatic rings. The van der Waals surface area contributed by atoms with Gasteiger partial charge in [0.15, 0.2) is 11.2 Å². The Morgan fingerprint density at radius 3 is 2.38 bits per heavy atom. The van der Waals surface area contributed by atoms with Crippen LogP contribution in [0.5, 0.6) is 0 Å². The van der Waals surface area contributed by atoms with Gasteiger partial charge in [-0.3, -0.25) is 22.9 Å². The van der Waals surface area contributed by atoms with Crippen molar-refractivity contribution in [1.29, 1.82) is 0 Å². The molecule has 1 aromatic carbocycles. The highest BCUT2D eigenvalue weighted by Gasteiger charge is 2.23. The van der Waals surface area contributed by atoms with Gasteiger partial charge in [-0.25, -0.2) is 9.59 Å². The summed E-state index contributed by atoms with van der Waals surface area (Å²) in [5, 5.41) is 0. The first kappa shape index (κ1) is 21.6. The molecule has 0 saturated heterocycles. The predicted molar refractivity (Wildman–Crippen MR) is 122 cm³/mol. The number of hydrogen-bond donors (Lipinski definition) is 0. The van der Waals surface area contributed by atoms with Crippen molar-refractivity contribution in [1.82, 2.24) is 23.1 Å². The van der Waals surface area contributed by atoms with Crippen molar-refractivity contribution in [3.63, 3.8) is 0 Å². The summed E-state index contributed by atoms with van der Waals surface area (Å²) in [7, 11) is 1.64. The van der Waals surface area contributed by atoms with Crippen LogP contribution in [0.3, 0.4) is 0 Å². The Kier molecular flexibility index (Phi) is 5.50. The topological polar surface area (TPSA) is 92.5 Å². The van der Waals surface area contributed by atoms with E-state index < -0.39 is 0 Å². The van der Waals surface area contributed by atoms with Gasteiger partial charge < -0.3 is 4.74 Å². The van der Waals surface area contributed by atoms with E-state index in [9.17, 15) is 14.4 Å². The fourth-order valence-electron chi connectivity index (χ4n) is 4.03. The van der Waals surface area contributed by atoms with Crippen molar-refractivity contribution in [3.05, 3.63) is 62.1 Å². The van der Waals surface area contributed by atoms with Gasteiger partial charge in [-0.1, -0.05) is 13.3 Å². The van der Waals surface area contributed by atoms with Crippen molar-refractivity contribution in [2.24, 2.45) is 7.05 Å². The summed E-state index contributed by atoms with van der Waals surface area (Å²) in [6.45, 7) is 8.35. The predicted octanol–water partition coefficient (Wildman–Crippen LogP) is 2.73. The summed E-state index contributed by atoms with van der Waals surface area (Å²) in [5.74, 6) is 0.165. The van der Waals surface area contributed by atoms with Crippen LogP contribution in [-0.2, 0) is 18.3 Å². The van der Waals surface area contributed by atoms with Crippen molar-refractivity contribution < 1.29 is 9.53 Å². The average Bonchev–Trinajstić information content (AvgIpc) is 3.28. The Morgan fingerprint density at radius 2 is 1.75 bits per heavy atom. The Labute approximate surface area is 184 Å². The molecule has 32 heavy (non-hydrogen) atoms. The maximum Gasteiger partial charge on any atom is 0.338 e. The van der Waals surface area contributed by atoms with Gasteiger partial charge in [0.1, 0.15) is 0 Å². The highest BCUT2D eigenvalue weighted by Crippen LogP contribution is 2.25. The van der Waals surface area contributed by atoms with E-state index in [1.54, 1.807) is 26.1 Å². The first-order valence-corrected chi connectivity index (χ1v) is 10.8. The zero-order valence-corrected chi connectivity index (χ0v) is 19.0. The molecule has 3 heterocycles. The third-order valence-corrected chi connectivity index (χ3v) is 5.89. The minimum atomic E-state index is -0.376. The molecular formula is C23H27N5O4. The Balaban J connectivity index is 1.98. The number of hydrogen-bond acceptors (Lipinski definition) is 5. The van der Waals surface area contributed by atoms with Gasteiger partial charge in [-0.2, -0.15) is 4.98 Å². The lowest BCUT2D eigenvalue weighted by molar-refractivity contribution is 0.0526. The number of carbonyl (C=O) groups excluding carboxylic acids is 1. The fraction of sp³-hybridized carbons (Fsp3) is 0.391. The lowest BCUT2D eigenvalue weighted by Gasteiger charge is -2.08. The van der Waals surface area contributed by atoms with Crippen LogP contribution in [0.25, 0.3) is 22.6 Å². The van der Waals surface area contributed by atoms with Crippen LogP contribution >= 0.6 is 0 Å². The maximum absolute atomic E-state index is 13.3. The number of unbranched alkanes of at least 4 members (excludes halogenated alkanes) is 1. The molecule has 0 aliphatic heterocycles. The van der Waals surface area contributed by atoms with Crippen LogP contribution in [0.2, 0.25) is 0 Å². The summed E-state index contributed by atoms with van der Waals surface area (Å²) in [4.78, 5) is 42.8. The second kappa shape index (κ2) is 8.14. The number of imidazole rings is 2. The Bertz CT molecular complexity index is 1450. The first-order valence-electron chi connectivity index (χ1n) is 10.8. The molecule has 0 amide bonds. The lowest BCUT2D eigenvalue weighted by atomic mass is 10.2. The van der Waals surface area contributed by atoms with Crippen molar-refractivity contribution in [3.8, 4) is 5.69 Å². The summed E-state index contributed by atoms with van der Waals surface area (Å²) in [5.41, 5.74) is 3.06. The third kappa shape index (κ3) is 3.16. The molecular weight excluding hydrogens is 410 g/mol. The zero-order chi connectivity index (χ0) is 23.2. The number of aromatic nitrogens is 5. The van der Waals surface area contributed by atoms with E-state index in [-0.39, 0.29) is 17.2 Å². The van der Waals surface area contributed by atoms with E-state index in [0.29, 0.717) is 35.7 Å². The minimum Gasteiger partial charge on any atom is -0.462 e. The molecule has 0 spiro atoms. The molecule has 168 valence electrons. The molecule has 0 bridgehead atoms. The lowest BCUT2D eigenvalue weighted by Crippen LogP contribution is -2.39. The number of nitrogens with zero attached hydrogens (tertiary/aromatic N) is 5. The summed E-state index contributed by atoms with van der Waals surface area (Å²) in [6.07, 6.45) is 1.63. The standard InChI is InChI=1S/C23H27N5O4/c1-6-8-13-26-20(29)18-19(25(5)23(26)31)24-22-27(14(3)15(4)28(18)22)17-11-9-16(10-12-17)21(30)32-7-2/h9-12H,6-8,13H2,1-5H3. The fourth-order valence-corrected chi connectivity index (χ4v) is 4.03. The monoisotopic (exact) mass is 437 g/mol. The van der Waals surface area contributed by atoms with E-state index in [1.807, 2.05) is 41.9 Å². The van der Waals surface area contributed by atoms with Gasteiger partial charge in [0.05, 0.1) is 12.2 Å². The molecule has 0 N–H and O–H groups in total. The van der Waals surface area contributed by atoms with Crippen molar-refractivity contribution >= 4 is 22.9 Å². The molecule has 3 aromatic heterocycles.